The van der Waals surface area contributed by atoms with Crippen molar-refractivity contribution in [3.8, 4) is 11.5 Å². The third-order valence-corrected chi connectivity index (χ3v) is 3.21. The maximum atomic E-state index is 12.2. The first-order valence-corrected chi connectivity index (χ1v) is 6.36. The minimum atomic E-state index is -0.0349. The third-order valence-electron chi connectivity index (χ3n) is 3.21. The van der Waals surface area contributed by atoms with Crippen molar-refractivity contribution in [1.29, 1.82) is 0 Å². The van der Waals surface area contributed by atoms with Gasteiger partial charge >= 0.3 is 0 Å². The molecule has 1 aliphatic heterocycles. The van der Waals surface area contributed by atoms with Crippen LogP contribution in [0.25, 0.3) is 11.5 Å². The number of furan rings is 1. The molecule has 0 unspecified atom stereocenters. The largest absolute Gasteiger partial charge is 0.460 e. The van der Waals surface area contributed by atoms with E-state index in [1.165, 1.54) is 0 Å². The van der Waals surface area contributed by atoms with Crippen LogP contribution < -0.4 is 5.32 Å². The van der Waals surface area contributed by atoms with Crippen LogP contribution in [-0.2, 0) is 0 Å². The van der Waals surface area contributed by atoms with E-state index in [1.54, 1.807) is 6.07 Å². The van der Waals surface area contributed by atoms with Crippen LogP contribution in [0.4, 0.5) is 0 Å². The Morgan fingerprint density at radius 2 is 2.16 bits per heavy atom. The average molecular weight is 260 g/mol. The van der Waals surface area contributed by atoms with Gasteiger partial charge in [-0.15, -0.1) is 0 Å². The summed E-state index contributed by atoms with van der Waals surface area (Å²) in [4.78, 5) is 14.0. The van der Waals surface area contributed by atoms with E-state index < -0.39 is 0 Å². The summed E-state index contributed by atoms with van der Waals surface area (Å²) in [5.41, 5.74) is 1.16. The van der Waals surface area contributed by atoms with Crippen LogP contribution >= 0.6 is 0 Å². The first-order valence-electron chi connectivity index (χ1n) is 6.36. The van der Waals surface area contributed by atoms with Crippen molar-refractivity contribution >= 4 is 5.91 Å². The molecule has 19 heavy (non-hydrogen) atoms. The summed E-state index contributed by atoms with van der Waals surface area (Å²) in [6.45, 7) is 5.00. The number of amides is 1. The van der Waals surface area contributed by atoms with Crippen molar-refractivity contribution in [3.05, 3.63) is 29.7 Å². The lowest BCUT2D eigenvalue weighted by atomic mass is 10.2. The van der Waals surface area contributed by atoms with Gasteiger partial charge in [0.05, 0.1) is 0 Å². The fourth-order valence-corrected chi connectivity index (χ4v) is 2.17. The lowest BCUT2D eigenvalue weighted by Gasteiger charge is -2.26. The average Bonchev–Trinajstić information content (AvgIpc) is 3.07. The quantitative estimate of drug-likeness (QED) is 0.845. The van der Waals surface area contributed by atoms with Crippen molar-refractivity contribution in [2.75, 3.05) is 26.2 Å². The highest BCUT2D eigenvalue weighted by molar-refractivity contribution is 5.93. The molecular formula is C13H16N4O2. The number of hydrogen-bond donors (Lipinski definition) is 2. The van der Waals surface area contributed by atoms with Crippen LogP contribution in [-0.4, -0.2) is 47.2 Å². The highest BCUT2D eigenvalue weighted by Gasteiger charge is 2.21. The predicted octanol–water partition coefficient (Wildman–Crippen LogP) is 1.02. The zero-order valence-corrected chi connectivity index (χ0v) is 10.8. The van der Waals surface area contributed by atoms with Crippen molar-refractivity contribution in [2.24, 2.45) is 0 Å². The molecule has 0 bridgehead atoms. The maximum Gasteiger partial charge on any atom is 0.274 e. The van der Waals surface area contributed by atoms with Crippen LogP contribution in [0.3, 0.4) is 0 Å². The first kappa shape index (κ1) is 12.0. The highest BCUT2D eigenvalue weighted by Crippen LogP contribution is 2.20. The minimum Gasteiger partial charge on any atom is -0.460 e. The molecule has 0 atom stereocenters. The molecule has 3 rings (SSSR count). The Balaban J connectivity index is 1.79. The Morgan fingerprint density at radius 1 is 1.37 bits per heavy atom. The van der Waals surface area contributed by atoms with E-state index in [9.17, 15) is 4.79 Å². The molecule has 6 nitrogen and oxygen atoms in total. The molecule has 2 N–H and O–H groups in total. The molecule has 1 aliphatic rings. The van der Waals surface area contributed by atoms with Gasteiger partial charge in [0.15, 0.2) is 11.5 Å². The van der Waals surface area contributed by atoms with Gasteiger partial charge in [-0.25, -0.2) is 0 Å². The van der Waals surface area contributed by atoms with Crippen LogP contribution in [0.2, 0.25) is 0 Å². The summed E-state index contributed by atoms with van der Waals surface area (Å²) in [6.07, 6.45) is 0. The van der Waals surface area contributed by atoms with Crippen molar-refractivity contribution in [2.45, 2.75) is 6.92 Å². The summed E-state index contributed by atoms with van der Waals surface area (Å²) in [7, 11) is 0. The van der Waals surface area contributed by atoms with E-state index in [4.69, 9.17) is 4.42 Å². The van der Waals surface area contributed by atoms with E-state index in [0.29, 0.717) is 11.5 Å². The van der Waals surface area contributed by atoms with Crippen LogP contribution in [0, 0.1) is 6.92 Å². The van der Waals surface area contributed by atoms with E-state index in [2.05, 4.69) is 15.5 Å². The van der Waals surface area contributed by atoms with Gasteiger partial charge in [0.2, 0.25) is 0 Å². The molecule has 0 aromatic carbocycles. The summed E-state index contributed by atoms with van der Waals surface area (Å²) in [5, 5.41) is 10.1. The van der Waals surface area contributed by atoms with Crippen molar-refractivity contribution in [1.82, 2.24) is 20.4 Å². The number of rotatable bonds is 2. The summed E-state index contributed by atoms with van der Waals surface area (Å²) >= 11 is 0. The van der Waals surface area contributed by atoms with Gasteiger partial charge in [0.25, 0.3) is 5.91 Å². The number of carbonyl (C=O) groups excluding carboxylic acids is 1. The number of aromatic amines is 1. The topological polar surface area (TPSA) is 74.2 Å². The van der Waals surface area contributed by atoms with Gasteiger partial charge in [-0.05, 0) is 19.1 Å². The molecule has 1 amide bonds. The first-order chi connectivity index (χ1) is 9.24. The molecular weight excluding hydrogens is 244 g/mol. The third kappa shape index (κ3) is 2.39. The lowest BCUT2D eigenvalue weighted by molar-refractivity contribution is 0.0730. The molecule has 100 valence electrons. The normalized spacial score (nSPS) is 15.7. The second kappa shape index (κ2) is 4.89. The van der Waals surface area contributed by atoms with Gasteiger partial charge in [-0.3, -0.25) is 9.89 Å². The number of nitrogens with one attached hydrogen (secondary N) is 2. The monoisotopic (exact) mass is 260 g/mol. The Labute approximate surface area is 110 Å². The number of piperazine rings is 1. The fourth-order valence-electron chi connectivity index (χ4n) is 2.17. The molecule has 6 heteroatoms. The van der Waals surface area contributed by atoms with Gasteiger partial charge in [0.1, 0.15) is 11.5 Å². The Bertz CT molecular complexity index is 581. The zero-order chi connectivity index (χ0) is 13.2. The van der Waals surface area contributed by atoms with Gasteiger partial charge < -0.3 is 14.6 Å². The second-order valence-electron chi connectivity index (χ2n) is 4.62. The van der Waals surface area contributed by atoms with Gasteiger partial charge in [-0.2, -0.15) is 5.10 Å². The molecule has 0 aliphatic carbocycles. The minimum absolute atomic E-state index is 0.0349. The molecule has 2 aromatic rings. The number of aryl methyl sites for hydroxylation is 1. The fraction of sp³-hybridized carbons (Fsp3) is 0.385. The zero-order valence-electron chi connectivity index (χ0n) is 10.8. The van der Waals surface area contributed by atoms with E-state index in [-0.39, 0.29) is 5.91 Å². The Kier molecular flexibility index (Phi) is 3.08. The molecule has 1 saturated heterocycles. The number of carbonyl (C=O) groups is 1. The van der Waals surface area contributed by atoms with Gasteiger partial charge in [-0.1, -0.05) is 0 Å². The summed E-state index contributed by atoms with van der Waals surface area (Å²) < 4.78 is 5.50. The molecule has 0 radical (unpaired) electrons. The van der Waals surface area contributed by atoms with Crippen LogP contribution in [0.1, 0.15) is 16.2 Å². The molecule has 0 saturated carbocycles. The van der Waals surface area contributed by atoms with E-state index in [1.807, 2.05) is 24.0 Å². The number of nitrogens with zero attached hydrogens (tertiary/aromatic N) is 2. The molecule has 2 aromatic heterocycles. The van der Waals surface area contributed by atoms with Crippen LogP contribution in [0.5, 0.6) is 0 Å². The molecule has 3 heterocycles. The SMILES string of the molecule is Cc1ccc(-c2cc(C(=O)N3CCNCC3)n[nH]2)o1. The second-order valence-corrected chi connectivity index (χ2v) is 4.62. The van der Waals surface area contributed by atoms with E-state index in [0.717, 1.165) is 37.6 Å². The number of aromatic nitrogens is 2. The summed E-state index contributed by atoms with van der Waals surface area (Å²) in [6, 6.07) is 5.48. The summed E-state index contributed by atoms with van der Waals surface area (Å²) in [5.74, 6) is 1.50. The Morgan fingerprint density at radius 3 is 2.84 bits per heavy atom. The van der Waals surface area contributed by atoms with Crippen LogP contribution in [0.15, 0.2) is 22.6 Å². The molecule has 1 fully saturated rings. The standard InChI is InChI=1S/C13H16N4O2/c1-9-2-3-12(19-9)10-8-11(16-15-10)13(18)17-6-4-14-5-7-17/h2-3,8,14H,4-7H2,1H3,(H,15,16). The highest BCUT2D eigenvalue weighted by atomic mass is 16.3. The molecule has 0 spiro atoms. The van der Waals surface area contributed by atoms with Crippen molar-refractivity contribution < 1.29 is 9.21 Å². The van der Waals surface area contributed by atoms with Crippen molar-refractivity contribution in [3.63, 3.8) is 0 Å². The van der Waals surface area contributed by atoms with Gasteiger partial charge in [0, 0.05) is 32.2 Å². The lowest BCUT2D eigenvalue weighted by Crippen LogP contribution is -2.46. The maximum absolute atomic E-state index is 12.2. The smallest absolute Gasteiger partial charge is 0.274 e. The Hall–Kier alpha value is -2.08. The number of H-pyrrole nitrogens is 1. The van der Waals surface area contributed by atoms with E-state index >= 15 is 0 Å². The number of hydrogen-bond acceptors (Lipinski definition) is 4. The predicted molar refractivity (Wildman–Crippen MR) is 69.8 cm³/mol.